The quantitative estimate of drug-likeness (QED) is 0.594. The molecular formula is C10H10N2O3. The van der Waals surface area contributed by atoms with E-state index in [4.69, 9.17) is 10.8 Å². The fourth-order valence-electron chi connectivity index (χ4n) is 1.66. The first kappa shape index (κ1) is 9.51. The van der Waals surface area contributed by atoms with Crippen LogP contribution in [0.5, 0.6) is 0 Å². The molecule has 15 heavy (non-hydrogen) atoms. The van der Waals surface area contributed by atoms with E-state index in [1.165, 1.54) is 12.1 Å². The minimum Gasteiger partial charge on any atom is -0.478 e. The van der Waals surface area contributed by atoms with Gasteiger partial charge in [0.05, 0.1) is 5.56 Å². The summed E-state index contributed by atoms with van der Waals surface area (Å²) in [4.78, 5) is 21.9. The second-order valence-corrected chi connectivity index (χ2v) is 3.44. The van der Waals surface area contributed by atoms with Gasteiger partial charge in [-0.1, -0.05) is 0 Å². The summed E-state index contributed by atoms with van der Waals surface area (Å²) < 4.78 is 0. The Morgan fingerprint density at radius 3 is 2.80 bits per heavy atom. The smallest absolute Gasteiger partial charge is 0.335 e. The second kappa shape index (κ2) is 3.27. The van der Waals surface area contributed by atoms with E-state index in [-0.39, 0.29) is 11.5 Å². The average molecular weight is 206 g/mol. The maximum Gasteiger partial charge on any atom is 0.335 e. The number of carbonyl (C=O) groups excluding carboxylic acids is 1. The Labute approximate surface area is 85.9 Å². The van der Waals surface area contributed by atoms with Crippen LogP contribution in [0.25, 0.3) is 0 Å². The number of rotatable bonds is 1. The zero-order valence-electron chi connectivity index (χ0n) is 7.91. The fourth-order valence-corrected chi connectivity index (χ4v) is 1.66. The van der Waals surface area contributed by atoms with E-state index in [1.54, 1.807) is 0 Å². The molecule has 0 radical (unpaired) electrons. The maximum atomic E-state index is 11.1. The van der Waals surface area contributed by atoms with Crippen LogP contribution in [0.15, 0.2) is 12.1 Å². The fraction of sp³-hybridized carbons (Fsp3) is 0.200. The molecule has 5 heteroatoms. The van der Waals surface area contributed by atoms with Crippen molar-refractivity contribution in [3.8, 4) is 0 Å². The Morgan fingerprint density at radius 2 is 2.13 bits per heavy atom. The molecule has 1 aliphatic rings. The third-order valence-electron chi connectivity index (χ3n) is 2.41. The number of aromatic carboxylic acids is 1. The van der Waals surface area contributed by atoms with Gasteiger partial charge in [0, 0.05) is 17.8 Å². The van der Waals surface area contributed by atoms with Gasteiger partial charge in [-0.25, -0.2) is 4.79 Å². The van der Waals surface area contributed by atoms with Crippen molar-refractivity contribution in [2.45, 2.75) is 12.8 Å². The molecule has 1 heterocycles. The van der Waals surface area contributed by atoms with Gasteiger partial charge in [-0.3, -0.25) is 4.79 Å². The van der Waals surface area contributed by atoms with Crippen molar-refractivity contribution in [2.75, 3.05) is 11.1 Å². The molecule has 0 saturated carbocycles. The van der Waals surface area contributed by atoms with Gasteiger partial charge in [0.15, 0.2) is 0 Å². The number of benzene rings is 1. The molecular weight excluding hydrogens is 196 g/mol. The molecule has 2 rings (SSSR count). The van der Waals surface area contributed by atoms with Crippen molar-refractivity contribution in [1.29, 1.82) is 0 Å². The summed E-state index contributed by atoms with van der Waals surface area (Å²) in [7, 11) is 0. The molecule has 1 amide bonds. The molecule has 0 aromatic heterocycles. The number of hydrogen-bond donors (Lipinski definition) is 3. The molecule has 1 aromatic carbocycles. The molecule has 1 aliphatic heterocycles. The Balaban J connectivity index is 2.53. The van der Waals surface area contributed by atoms with Crippen molar-refractivity contribution >= 4 is 23.3 Å². The number of nitrogens with one attached hydrogen (secondary N) is 1. The molecule has 0 fully saturated rings. The molecule has 0 spiro atoms. The molecule has 0 aliphatic carbocycles. The summed E-state index contributed by atoms with van der Waals surface area (Å²) in [5.41, 5.74) is 7.56. The van der Waals surface area contributed by atoms with E-state index in [9.17, 15) is 9.59 Å². The van der Waals surface area contributed by atoms with Gasteiger partial charge in [-0.05, 0) is 24.1 Å². The first-order valence-corrected chi connectivity index (χ1v) is 4.53. The van der Waals surface area contributed by atoms with Crippen LogP contribution in [0.1, 0.15) is 22.3 Å². The third-order valence-corrected chi connectivity index (χ3v) is 2.41. The summed E-state index contributed by atoms with van der Waals surface area (Å²) in [5, 5.41) is 11.4. The normalized spacial score (nSPS) is 14.3. The number of fused-ring (bicyclic) bond motifs is 1. The van der Waals surface area contributed by atoms with Crippen LogP contribution in [0, 0.1) is 0 Å². The van der Waals surface area contributed by atoms with Crippen LogP contribution < -0.4 is 11.1 Å². The highest BCUT2D eigenvalue weighted by molar-refractivity contribution is 5.98. The molecule has 1 aromatic rings. The van der Waals surface area contributed by atoms with Gasteiger partial charge in [0.2, 0.25) is 5.91 Å². The summed E-state index contributed by atoms with van der Waals surface area (Å²) in [6, 6.07) is 2.85. The molecule has 0 unspecified atom stereocenters. The Kier molecular flexibility index (Phi) is 2.07. The zero-order chi connectivity index (χ0) is 11.0. The van der Waals surface area contributed by atoms with Crippen LogP contribution in [0.4, 0.5) is 11.4 Å². The van der Waals surface area contributed by atoms with Gasteiger partial charge in [0.1, 0.15) is 0 Å². The molecule has 0 atom stereocenters. The molecule has 4 N–H and O–H groups in total. The lowest BCUT2D eigenvalue weighted by Crippen LogP contribution is -2.20. The van der Waals surface area contributed by atoms with Crippen molar-refractivity contribution < 1.29 is 14.7 Å². The number of anilines is 2. The van der Waals surface area contributed by atoms with E-state index in [0.717, 1.165) is 5.56 Å². The highest BCUT2D eigenvalue weighted by Gasteiger charge is 2.19. The first-order valence-electron chi connectivity index (χ1n) is 4.53. The van der Waals surface area contributed by atoms with Crippen molar-refractivity contribution in [3.05, 3.63) is 23.3 Å². The highest BCUT2D eigenvalue weighted by atomic mass is 16.4. The number of nitrogens with two attached hydrogens (primary N) is 1. The molecule has 5 nitrogen and oxygen atoms in total. The predicted molar refractivity (Wildman–Crippen MR) is 54.8 cm³/mol. The second-order valence-electron chi connectivity index (χ2n) is 3.44. The van der Waals surface area contributed by atoms with Gasteiger partial charge in [0.25, 0.3) is 0 Å². The lowest BCUT2D eigenvalue weighted by Gasteiger charge is -2.18. The Bertz CT molecular complexity index is 454. The zero-order valence-corrected chi connectivity index (χ0v) is 7.91. The number of carboxylic acids is 1. The van der Waals surface area contributed by atoms with Crippen molar-refractivity contribution in [1.82, 2.24) is 0 Å². The number of hydrogen-bond acceptors (Lipinski definition) is 3. The van der Waals surface area contributed by atoms with Gasteiger partial charge in [-0.15, -0.1) is 0 Å². The molecule has 0 saturated heterocycles. The van der Waals surface area contributed by atoms with Crippen LogP contribution in [0.2, 0.25) is 0 Å². The van der Waals surface area contributed by atoms with Gasteiger partial charge >= 0.3 is 5.97 Å². The summed E-state index contributed by atoms with van der Waals surface area (Å²) in [6.07, 6.45) is 0.955. The monoisotopic (exact) mass is 206 g/mol. The first-order chi connectivity index (χ1) is 7.08. The highest BCUT2D eigenvalue weighted by Crippen LogP contribution is 2.29. The van der Waals surface area contributed by atoms with Crippen LogP contribution >= 0.6 is 0 Å². The van der Waals surface area contributed by atoms with Crippen molar-refractivity contribution in [2.24, 2.45) is 0 Å². The number of amides is 1. The predicted octanol–water partition coefficient (Wildman–Crippen LogP) is 0.852. The minimum atomic E-state index is -1.05. The van der Waals surface area contributed by atoms with E-state index >= 15 is 0 Å². The van der Waals surface area contributed by atoms with E-state index in [1.807, 2.05) is 0 Å². The standard InChI is InChI=1S/C10H10N2O3/c11-7-3-5(10(14)15)4-8-6(7)1-2-9(13)12-8/h3-4H,1-2,11H2,(H,12,13)(H,14,15). The van der Waals surface area contributed by atoms with E-state index in [2.05, 4.69) is 5.32 Å². The molecule has 0 bridgehead atoms. The average Bonchev–Trinajstić information content (AvgIpc) is 2.16. The topological polar surface area (TPSA) is 92.4 Å². The SMILES string of the molecule is Nc1cc(C(=O)O)cc2c1CCC(=O)N2. The Hall–Kier alpha value is -2.04. The number of nitrogen functional groups attached to an aromatic ring is 1. The largest absolute Gasteiger partial charge is 0.478 e. The minimum absolute atomic E-state index is 0.0912. The summed E-state index contributed by atoms with van der Waals surface area (Å²) in [5.74, 6) is -1.16. The van der Waals surface area contributed by atoms with Crippen LogP contribution in [-0.2, 0) is 11.2 Å². The van der Waals surface area contributed by atoms with E-state index in [0.29, 0.717) is 24.2 Å². The van der Waals surface area contributed by atoms with Crippen molar-refractivity contribution in [3.63, 3.8) is 0 Å². The summed E-state index contributed by atoms with van der Waals surface area (Å²) in [6.45, 7) is 0. The third kappa shape index (κ3) is 1.63. The summed E-state index contributed by atoms with van der Waals surface area (Å²) >= 11 is 0. The maximum absolute atomic E-state index is 11.1. The lowest BCUT2D eigenvalue weighted by atomic mass is 9.99. The van der Waals surface area contributed by atoms with E-state index < -0.39 is 5.97 Å². The van der Waals surface area contributed by atoms with Gasteiger partial charge < -0.3 is 16.2 Å². The van der Waals surface area contributed by atoms with Gasteiger partial charge in [-0.2, -0.15) is 0 Å². The number of carboxylic acid groups (broad SMARTS) is 1. The number of carbonyl (C=O) groups is 2. The molecule has 78 valence electrons. The Morgan fingerprint density at radius 1 is 1.40 bits per heavy atom. The van der Waals surface area contributed by atoms with Crippen LogP contribution in [0.3, 0.4) is 0 Å². The van der Waals surface area contributed by atoms with Crippen LogP contribution in [-0.4, -0.2) is 17.0 Å². The lowest BCUT2D eigenvalue weighted by molar-refractivity contribution is -0.116.